The second kappa shape index (κ2) is 5.45. The second-order valence-corrected chi connectivity index (χ2v) is 5.72. The number of hydrogen-bond acceptors (Lipinski definition) is 2. The van der Waals surface area contributed by atoms with Crippen LogP contribution in [0.3, 0.4) is 0 Å². The van der Waals surface area contributed by atoms with Gasteiger partial charge in [-0.25, -0.2) is 4.39 Å². The molecule has 2 nitrogen and oxygen atoms in total. The Labute approximate surface area is 118 Å². The van der Waals surface area contributed by atoms with E-state index in [2.05, 4.69) is 20.8 Å². The molecule has 0 aliphatic heterocycles. The van der Waals surface area contributed by atoms with Crippen molar-refractivity contribution in [2.45, 2.75) is 26.2 Å². The summed E-state index contributed by atoms with van der Waals surface area (Å²) in [6.45, 7) is 6.33. The SMILES string of the molecule is CC(C)(C)c1cccc(Oc2cc(F)cc(C=O)c2)c1. The zero-order chi connectivity index (χ0) is 14.8. The van der Waals surface area contributed by atoms with Gasteiger partial charge in [0.15, 0.2) is 0 Å². The first kappa shape index (κ1) is 14.3. The van der Waals surface area contributed by atoms with Crippen molar-refractivity contribution in [3.8, 4) is 11.5 Å². The Morgan fingerprint density at radius 1 is 1.05 bits per heavy atom. The number of hydrogen-bond donors (Lipinski definition) is 0. The van der Waals surface area contributed by atoms with Crippen LogP contribution >= 0.6 is 0 Å². The van der Waals surface area contributed by atoms with Crippen LogP contribution in [-0.4, -0.2) is 6.29 Å². The third-order valence-corrected chi connectivity index (χ3v) is 2.97. The second-order valence-electron chi connectivity index (χ2n) is 5.72. The van der Waals surface area contributed by atoms with Crippen molar-refractivity contribution in [1.29, 1.82) is 0 Å². The summed E-state index contributed by atoms with van der Waals surface area (Å²) < 4.78 is 19.0. The molecule has 0 atom stereocenters. The third-order valence-electron chi connectivity index (χ3n) is 2.97. The Morgan fingerprint density at radius 2 is 1.80 bits per heavy atom. The molecule has 20 heavy (non-hydrogen) atoms. The normalized spacial score (nSPS) is 11.2. The van der Waals surface area contributed by atoms with Gasteiger partial charge in [0.2, 0.25) is 0 Å². The van der Waals surface area contributed by atoms with Crippen molar-refractivity contribution in [3.05, 3.63) is 59.4 Å². The van der Waals surface area contributed by atoms with Gasteiger partial charge in [-0.05, 0) is 35.2 Å². The van der Waals surface area contributed by atoms with Gasteiger partial charge in [-0.3, -0.25) is 4.79 Å². The predicted octanol–water partition coefficient (Wildman–Crippen LogP) is 4.73. The first-order valence-corrected chi connectivity index (χ1v) is 6.43. The van der Waals surface area contributed by atoms with Crippen molar-refractivity contribution in [3.63, 3.8) is 0 Å². The highest BCUT2D eigenvalue weighted by molar-refractivity contribution is 5.75. The molecule has 0 unspecified atom stereocenters. The molecule has 0 aromatic heterocycles. The van der Waals surface area contributed by atoms with Crippen LogP contribution in [0.5, 0.6) is 11.5 Å². The van der Waals surface area contributed by atoms with Gasteiger partial charge in [-0.1, -0.05) is 32.9 Å². The molecule has 0 saturated heterocycles. The predicted molar refractivity (Wildman–Crippen MR) is 77.0 cm³/mol. The summed E-state index contributed by atoms with van der Waals surface area (Å²) in [5, 5.41) is 0. The average molecular weight is 272 g/mol. The standard InChI is InChI=1S/C17H17FO2/c1-17(2,3)13-5-4-6-15(9-13)20-16-8-12(11-19)7-14(18)10-16/h4-11H,1-3H3. The topological polar surface area (TPSA) is 26.3 Å². The maximum Gasteiger partial charge on any atom is 0.150 e. The fraction of sp³-hybridized carbons (Fsp3) is 0.235. The smallest absolute Gasteiger partial charge is 0.150 e. The number of aldehydes is 1. The lowest BCUT2D eigenvalue weighted by Crippen LogP contribution is -2.10. The van der Waals surface area contributed by atoms with E-state index < -0.39 is 5.82 Å². The van der Waals surface area contributed by atoms with E-state index >= 15 is 0 Å². The van der Waals surface area contributed by atoms with Crippen LogP contribution in [0.2, 0.25) is 0 Å². The average Bonchev–Trinajstić information content (AvgIpc) is 2.37. The van der Waals surface area contributed by atoms with Gasteiger partial charge in [0, 0.05) is 11.6 Å². The monoisotopic (exact) mass is 272 g/mol. The van der Waals surface area contributed by atoms with Crippen LogP contribution < -0.4 is 4.74 Å². The van der Waals surface area contributed by atoms with E-state index in [4.69, 9.17) is 4.74 Å². The van der Waals surface area contributed by atoms with Gasteiger partial charge < -0.3 is 4.74 Å². The van der Waals surface area contributed by atoms with E-state index in [1.165, 1.54) is 18.2 Å². The maximum atomic E-state index is 13.3. The Bertz CT molecular complexity index is 627. The fourth-order valence-corrected chi connectivity index (χ4v) is 1.87. The first-order valence-electron chi connectivity index (χ1n) is 6.43. The van der Waals surface area contributed by atoms with Gasteiger partial charge in [0.1, 0.15) is 23.6 Å². The molecule has 2 aromatic rings. The van der Waals surface area contributed by atoms with Crippen LogP contribution in [0.1, 0.15) is 36.7 Å². The summed E-state index contributed by atoms with van der Waals surface area (Å²) in [5.74, 6) is 0.453. The summed E-state index contributed by atoms with van der Waals surface area (Å²) in [6.07, 6.45) is 0.599. The van der Waals surface area contributed by atoms with E-state index in [0.29, 0.717) is 17.8 Å². The molecule has 0 heterocycles. The van der Waals surface area contributed by atoms with Gasteiger partial charge in [0.05, 0.1) is 0 Å². The number of benzene rings is 2. The molecule has 0 amide bonds. The molecule has 0 aliphatic rings. The number of halogens is 1. The summed E-state index contributed by atoms with van der Waals surface area (Å²) in [4.78, 5) is 10.7. The molecule has 0 N–H and O–H groups in total. The van der Waals surface area contributed by atoms with Gasteiger partial charge >= 0.3 is 0 Å². The van der Waals surface area contributed by atoms with Crippen molar-refractivity contribution in [2.75, 3.05) is 0 Å². The van der Waals surface area contributed by atoms with E-state index in [1.807, 2.05) is 18.2 Å². The number of carbonyl (C=O) groups is 1. The lowest BCUT2D eigenvalue weighted by molar-refractivity contribution is 0.112. The zero-order valence-corrected chi connectivity index (χ0v) is 11.8. The fourth-order valence-electron chi connectivity index (χ4n) is 1.87. The lowest BCUT2D eigenvalue weighted by atomic mass is 9.87. The molecule has 0 bridgehead atoms. The van der Waals surface area contributed by atoms with Gasteiger partial charge in [0.25, 0.3) is 0 Å². The highest BCUT2D eigenvalue weighted by Crippen LogP contribution is 2.29. The molecule has 0 aliphatic carbocycles. The largest absolute Gasteiger partial charge is 0.457 e. The van der Waals surface area contributed by atoms with Gasteiger partial charge in [-0.2, -0.15) is 0 Å². The van der Waals surface area contributed by atoms with Crippen LogP contribution in [0.15, 0.2) is 42.5 Å². The number of ether oxygens (including phenoxy) is 1. The van der Waals surface area contributed by atoms with E-state index in [1.54, 1.807) is 6.07 Å². The molecule has 3 heteroatoms. The lowest BCUT2D eigenvalue weighted by Gasteiger charge is -2.19. The highest BCUT2D eigenvalue weighted by atomic mass is 19.1. The Balaban J connectivity index is 2.30. The number of rotatable bonds is 3. The molecule has 0 saturated carbocycles. The highest BCUT2D eigenvalue weighted by Gasteiger charge is 2.14. The minimum atomic E-state index is -0.489. The van der Waals surface area contributed by atoms with E-state index in [0.717, 1.165) is 5.56 Å². The van der Waals surface area contributed by atoms with Crippen molar-refractivity contribution in [2.24, 2.45) is 0 Å². The first-order chi connectivity index (χ1) is 9.38. The van der Waals surface area contributed by atoms with Crippen LogP contribution in [0, 0.1) is 5.82 Å². The quantitative estimate of drug-likeness (QED) is 0.755. The summed E-state index contributed by atoms with van der Waals surface area (Å²) in [6, 6.07) is 11.6. The molecule has 104 valence electrons. The minimum absolute atomic E-state index is 0.00919. The van der Waals surface area contributed by atoms with Crippen LogP contribution in [0.4, 0.5) is 4.39 Å². The Morgan fingerprint density at radius 3 is 2.45 bits per heavy atom. The molecular weight excluding hydrogens is 255 g/mol. The van der Waals surface area contributed by atoms with Crippen LogP contribution in [0.25, 0.3) is 0 Å². The maximum absolute atomic E-state index is 13.3. The molecule has 0 radical (unpaired) electrons. The minimum Gasteiger partial charge on any atom is -0.457 e. The Hall–Kier alpha value is -2.16. The van der Waals surface area contributed by atoms with E-state index in [-0.39, 0.29) is 11.0 Å². The van der Waals surface area contributed by atoms with Crippen molar-refractivity contribution < 1.29 is 13.9 Å². The molecular formula is C17H17FO2. The van der Waals surface area contributed by atoms with Crippen molar-refractivity contribution >= 4 is 6.29 Å². The Kier molecular flexibility index (Phi) is 3.89. The molecule has 0 spiro atoms. The molecule has 2 aromatic carbocycles. The van der Waals surface area contributed by atoms with Crippen LogP contribution in [-0.2, 0) is 5.41 Å². The zero-order valence-electron chi connectivity index (χ0n) is 11.8. The molecule has 2 rings (SSSR count). The van der Waals surface area contributed by atoms with Crippen molar-refractivity contribution in [1.82, 2.24) is 0 Å². The third kappa shape index (κ3) is 3.44. The molecule has 0 fully saturated rings. The number of carbonyl (C=O) groups excluding carboxylic acids is 1. The summed E-state index contributed by atoms with van der Waals surface area (Å²) in [7, 11) is 0. The summed E-state index contributed by atoms with van der Waals surface area (Å²) >= 11 is 0. The van der Waals surface area contributed by atoms with Gasteiger partial charge in [-0.15, -0.1) is 0 Å². The van der Waals surface area contributed by atoms with E-state index in [9.17, 15) is 9.18 Å². The summed E-state index contributed by atoms with van der Waals surface area (Å²) in [5.41, 5.74) is 1.39.